The van der Waals surface area contributed by atoms with Crippen LogP contribution in [0.5, 0.6) is 0 Å². The van der Waals surface area contributed by atoms with Crippen molar-refractivity contribution in [3.63, 3.8) is 0 Å². The summed E-state index contributed by atoms with van der Waals surface area (Å²) in [5, 5.41) is 0. The van der Waals surface area contributed by atoms with Gasteiger partial charge in [0.05, 0.1) is 5.56 Å². The van der Waals surface area contributed by atoms with Crippen molar-refractivity contribution in [2.75, 3.05) is 6.61 Å². The topological polar surface area (TPSA) is 26.3 Å². The summed E-state index contributed by atoms with van der Waals surface area (Å²) in [6.07, 6.45) is 1.19. The van der Waals surface area contributed by atoms with Gasteiger partial charge in [-0.1, -0.05) is 6.07 Å². The molecule has 0 bridgehead atoms. The molecular weight excluding hydrogens is 226 g/mol. The van der Waals surface area contributed by atoms with Crippen molar-refractivity contribution in [3.05, 3.63) is 35.4 Å². The molecule has 0 aliphatic heterocycles. The molecule has 0 N–H and O–H groups in total. The van der Waals surface area contributed by atoms with Gasteiger partial charge >= 0.3 is 0 Å². The number of Topliss-reactive ketones (excluding diaryl/α,β-unsaturated/α-hetero) is 1. The van der Waals surface area contributed by atoms with Crippen LogP contribution in [0.15, 0.2) is 18.2 Å². The van der Waals surface area contributed by atoms with Gasteiger partial charge < -0.3 is 4.74 Å². The van der Waals surface area contributed by atoms with Gasteiger partial charge in [-0.3, -0.25) is 4.79 Å². The second-order valence-corrected chi connectivity index (χ2v) is 4.18. The Hall–Kier alpha value is -1.29. The normalized spacial score (nSPS) is 16.9. The fourth-order valence-electron chi connectivity index (χ4n) is 1.85. The highest BCUT2D eigenvalue weighted by Crippen LogP contribution is 2.36. The SMILES string of the molecule is CCOC(C(=O)c1cccc(F)c1F)C1CC1. The molecule has 0 amide bonds. The summed E-state index contributed by atoms with van der Waals surface area (Å²) in [5.41, 5.74) is -0.213. The van der Waals surface area contributed by atoms with Crippen LogP contribution in [0, 0.1) is 17.6 Å². The second-order valence-electron chi connectivity index (χ2n) is 4.18. The highest BCUT2D eigenvalue weighted by molar-refractivity contribution is 6.00. The van der Waals surface area contributed by atoms with Gasteiger partial charge in [0.15, 0.2) is 17.4 Å². The van der Waals surface area contributed by atoms with Crippen LogP contribution in [-0.2, 0) is 4.74 Å². The van der Waals surface area contributed by atoms with Crippen LogP contribution >= 0.6 is 0 Å². The zero-order valence-electron chi connectivity index (χ0n) is 9.58. The Kier molecular flexibility index (Phi) is 3.52. The monoisotopic (exact) mass is 240 g/mol. The third-order valence-electron chi connectivity index (χ3n) is 2.87. The summed E-state index contributed by atoms with van der Waals surface area (Å²) in [4.78, 5) is 12.1. The number of rotatable bonds is 5. The zero-order valence-corrected chi connectivity index (χ0v) is 9.58. The number of carbonyl (C=O) groups is 1. The lowest BCUT2D eigenvalue weighted by Crippen LogP contribution is -2.27. The molecule has 1 fully saturated rings. The van der Waals surface area contributed by atoms with Crippen molar-refractivity contribution in [1.82, 2.24) is 0 Å². The lowest BCUT2D eigenvalue weighted by Gasteiger charge is -2.15. The van der Waals surface area contributed by atoms with Gasteiger partial charge in [0, 0.05) is 6.61 Å². The first kappa shape index (κ1) is 12.2. The molecule has 0 radical (unpaired) electrons. The van der Waals surface area contributed by atoms with E-state index in [0.29, 0.717) is 6.61 Å². The van der Waals surface area contributed by atoms with E-state index in [-0.39, 0.29) is 11.5 Å². The predicted molar refractivity (Wildman–Crippen MR) is 58.8 cm³/mol. The lowest BCUT2D eigenvalue weighted by atomic mass is 10.0. The van der Waals surface area contributed by atoms with Crippen molar-refractivity contribution >= 4 is 5.78 Å². The molecule has 92 valence electrons. The Morgan fingerprint density at radius 3 is 2.76 bits per heavy atom. The summed E-state index contributed by atoms with van der Waals surface area (Å²) < 4.78 is 31.9. The van der Waals surface area contributed by atoms with Gasteiger partial charge in [-0.15, -0.1) is 0 Å². The molecule has 17 heavy (non-hydrogen) atoms. The molecule has 0 saturated heterocycles. The molecule has 0 spiro atoms. The van der Waals surface area contributed by atoms with Crippen LogP contribution in [0.25, 0.3) is 0 Å². The van der Waals surface area contributed by atoms with Crippen LogP contribution in [0.2, 0.25) is 0 Å². The van der Waals surface area contributed by atoms with Crippen molar-refractivity contribution in [2.24, 2.45) is 5.92 Å². The fraction of sp³-hybridized carbons (Fsp3) is 0.462. The minimum absolute atomic E-state index is 0.158. The Balaban J connectivity index is 2.25. The van der Waals surface area contributed by atoms with E-state index in [1.165, 1.54) is 12.1 Å². The van der Waals surface area contributed by atoms with Crippen LogP contribution in [0.3, 0.4) is 0 Å². The average molecular weight is 240 g/mol. The van der Waals surface area contributed by atoms with E-state index in [9.17, 15) is 13.6 Å². The van der Waals surface area contributed by atoms with E-state index in [2.05, 4.69) is 0 Å². The minimum atomic E-state index is -1.08. The summed E-state index contributed by atoms with van der Waals surface area (Å²) in [7, 11) is 0. The number of carbonyl (C=O) groups excluding carboxylic acids is 1. The molecule has 0 heterocycles. The van der Waals surface area contributed by atoms with Crippen molar-refractivity contribution < 1.29 is 18.3 Å². The number of benzene rings is 1. The molecule has 1 aliphatic carbocycles. The third-order valence-corrected chi connectivity index (χ3v) is 2.87. The van der Waals surface area contributed by atoms with E-state index in [4.69, 9.17) is 4.74 Å². The molecule has 1 aromatic rings. The highest BCUT2D eigenvalue weighted by Gasteiger charge is 2.38. The molecule has 0 aromatic heterocycles. The molecule has 1 unspecified atom stereocenters. The Morgan fingerprint density at radius 2 is 2.18 bits per heavy atom. The molecule has 1 aliphatic rings. The summed E-state index contributed by atoms with van der Waals surface area (Å²) >= 11 is 0. The highest BCUT2D eigenvalue weighted by atomic mass is 19.2. The largest absolute Gasteiger partial charge is 0.370 e. The van der Waals surface area contributed by atoms with Crippen molar-refractivity contribution in [3.8, 4) is 0 Å². The molecule has 2 rings (SSSR count). The van der Waals surface area contributed by atoms with E-state index in [0.717, 1.165) is 18.9 Å². The van der Waals surface area contributed by atoms with E-state index >= 15 is 0 Å². The molecule has 4 heteroatoms. The Bertz CT molecular complexity index is 427. The van der Waals surface area contributed by atoms with Crippen LogP contribution in [0.4, 0.5) is 8.78 Å². The summed E-state index contributed by atoms with van der Waals surface area (Å²) in [6.45, 7) is 2.18. The van der Waals surface area contributed by atoms with Crippen molar-refractivity contribution in [2.45, 2.75) is 25.9 Å². The molecule has 1 saturated carbocycles. The molecule has 1 aromatic carbocycles. The standard InChI is InChI=1S/C13H14F2O2/c1-2-17-13(8-6-7-8)12(16)9-4-3-5-10(14)11(9)15/h3-5,8,13H,2,6-7H2,1H3. The maximum absolute atomic E-state index is 13.5. The average Bonchev–Trinajstić information content (AvgIpc) is 3.13. The van der Waals surface area contributed by atoms with Crippen LogP contribution in [-0.4, -0.2) is 18.5 Å². The predicted octanol–water partition coefficient (Wildman–Crippen LogP) is 2.96. The minimum Gasteiger partial charge on any atom is -0.370 e. The third kappa shape index (κ3) is 2.52. The van der Waals surface area contributed by atoms with Crippen LogP contribution < -0.4 is 0 Å². The van der Waals surface area contributed by atoms with Gasteiger partial charge in [0.1, 0.15) is 6.10 Å². The number of hydrogen-bond donors (Lipinski definition) is 0. The zero-order chi connectivity index (χ0) is 12.4. The molecular formula is C13H14F2O2. The molecule has 2 nitrogen and oxygen atoms in total. The van der Waals surface area contributed by atoms with Crippen LogP contribution in [0.1, 0.15) is 30.1 Å². The number of hydrogen-bond acceptors (Lipinski definition) is 2. The fourth-order valence-corrected chi connectivity index (χ4v) is 1.85. The number of ketones is 1. The smallest absolute Gasteiger partial charge is 0.194 e. The number of halogens is 2. The van der Waals surface area contributed by atoms with Crippen molar-refractivity contribution in [1.29, 1.82) is 0 Å². The summed E-state index contributed by atoms with van der Waals surface area (Å²) in [5.74, 6) is -2.37. The van der Waals surface area contributed by atoms with Gasteiger partial charge in [-0.05, 0) is 37.8 Å². The second kappa shape index (κ2) is 4.92. The van der Waals surface area contributed by atoms with Gasteiger partial charge in [0.2, 0.25) is 0 Å². The first-order valence-electron chi connectivity index (χ1n) is 5.75. The van der Waals surface area contributed by atoms with Gasteiger partial charge in [-0.25, -0.2) is 8.78 Å². The number of ether oxygens (including phenoxy) is 1. The Labute approximate surface area is 98.6 Å². The quantitative estimate of drug-likeness (QED) is 0.739. The Morgan fingerprint density at radius 1 is 1.47 bits per heavy atom. The first-order valence-corrected chi connectivity index (χ1v) is 5.75. The summed E-state index contributed by atoms with van der Waals surface area (Å²) in [6, 6.07) is 3.63. The maximum atomic E-state index is 13.5. The van der Waals surface area contributed by atoms with E-state index in [1.807, 2.05) is 0 Å². The lowest BCUT2D eigenvalue weighted by molar-refractivity contribution is 0.0370. The van der Waals surface area contributed by atoms with E-state index < -0.39 is 23.5 Å². The first-order chi connectivity index (χ1) is 8.15. The maximum Gasteiger partial charge on any atom is 0.194 e. The van der Waals surface area contributed by atoms with E-state index in [1.54, 1.807) is 6.92 Å². The molecule has 1 atom stereocenters. The van der Waals surface area contributed by atoms with Gasteiger partial charge in [-0.2, -0.15) is 0 Å². The van der Waals surface area contributed by atoms with Gasteiger partial charge in [0.25, 0.3) is 0 Å².